The number of nitrogens with one attached hydrogen (secondary N) is 1. The van der Waals surface area contributed by atoms with Crippen molar-refractivity contribution in [2.24, 2.45) is 7.05 Å². The minimum atomic E-state index is -4.74. The third-order valence-electron chi connectivity index (χ3n) is 8.64. The van der Waals surface area contributed by atoms with E-state index in [1.54, 1.807) is 51.7 Å². The molecule has 15 heteroatoms. The predicted molar refractivity (Wildman–Crippen MR) is 173 cm³/mol. The predicted octanol–water partition coefficient (Wildman–Crippen LogP) is 4.58. The quantitative estimate of drug-likeness (QED) is 0.253. The summed E-state index contributed by atoms with van der Waals surface area (Å²) in [4.78, 5) is 35.7. The average Bonchev–Trinajstić information content (AvgIpc) is 3.66. The second kappa shape index (κ2) is 13.4. The van der Waals surface area contributed by atoms with Crippen molar-refractivity contribution in [3.05, 3.63) is 76.6 Å². The van der Waals surface area contributed by atoms with E-state index in [1.165, 1.54) is 17.3 Å². The van der Waals surface area contributed by atoms with Gasteiger partial charge < -0.3 is 14.8 Å². The smallest absolute Gasteiger partial charge is 0.369 e. The first kappa shape index (κ1) is 33.1. The van der Waals surface area contributed by atoms with Crippen LogP contribution in [0.2, 0.25) is 0 Å². The number of aryl methyl sites for hydroxylation is 1. The number of hydrogen-bond acceptors (Lipinski definition) is 9. The van der Waals surface area contributed by atoms with Crippen molar-refractivity contribution in [1.29, 1.82) is 10.5 Å². The Kier molecular flexibility index (Phi) is 9.03. The van der Waals surface area contributed by atoms with Crippen molar-refractivity contribution >= 4 is 23.5 Å². The average molecular weight is 669 g/mol. The first-order chi connectivity index (χ1) is 23.5. The van der Waals surface area contributed by atoms with Crippen LogP contribution in [0.3, 0.4) is 0 Å². The molecule has 1 N–H and O–H groups in total. The fourth-order valence-electron chi connectivity index (χ4n) is 6.20. The van der Waals surface area contributed by atoms with E-state index in [1.807, 2.05) is 13.0 Å². The zero-order valence-corrected chi connectivity index (χ0v) is 26.8. The van der Waals surface area contributed by atoms with Crippen LogP contribution in [-0.4, -0.2) is 74.1 Å². The molecular formula is C34H31F3N10O2. The van der Waals surface area contributed by atoms with Crippen LogP contribution < -0.4 is 10.2 Å². The Morgan fingerprint density at radius 1 is 1.00 bits per heavy atom. The van der Waals surface area contributed by atoms with Crippen LogP contribution in [0.25, 0.3) is 22.5 Å². The highest BCUT2D eigenvalue weighted by Gasteiger charge is 2.41. The van der Waals surface area contributed by atoms with Crippen molar-refractivity contribution in [1.82, 2.24) is 29.5 Å². The highest BCUT2D eigenvalue weighted by Crippen LogP contribution is 2.41. The van der Waals surface area contributed by atoms with Crippen LogP contribution in [0, 0.1) is 22.7 Å². The van der Waals surface area contributed by atoms with E-state index < -0.39 is 17.6 Å². The van der Waals surface area contributed by atoms with E-state index in [9.17, 15) is 28.0 Å². The first-order valence-electron chi connectivity index (χ1n) is 15.6. The molecule has 250 valence electrons. The lowest BCUT2D eigenvalue weighted by Gasteiger charge is -2.33. The summed E-state index contributed by atoms with van der Waals surface area (Å²) < 4.78 is 45.3. The zero-order chi connectivity index (χ0) is 34.9. The molecule has 0 spiro atoms. The molecule has 2 aliphatic rings. The van der Waals surface area contributed by atoms with Gasteiger partial charge in [-0.2, -0.15) is 23.7 Å². The molecule has 0 aliphatic carbocycles. The molecule has 6 rings (SSSR count). The van der Waals surface area contributed by atoms with E-state index >= 15 is 0 Å². The Morgan fingerprint density at radius 2 is 1.82 bits per heavy atom. The molecule has 0 bridgehead atoms. The molecule has 0 unspecified atom stereocenters. The monoisotopic (exact) mass is 668 g/mol. The zero-order valence-electron chi connectivity index (χ0n) is 26.8. The van der Waals surface area contributed by atoms with Crippen LogP contribution in [-0.2, 0) is 31.1 Å². The Morgan fingerprint density at radius 3 is 2.49 bits per heavy atom. The fourth-order valence-corrected chi connectivity index (χ4v) is 6.20. The number of fused-ring (bicyclic) bond motifs is 1. The second-order valence-corrected chi connectivity index (χ2v) is 11.8. The van der Waals surface area contributed by atoms with Gasteiger partial charge in [-0.3, -0.25) is 19.4 Å². The number of alkyl halides is 3. The number of pyridine rings is 1. The van der Waals surface area contributed by atoms with Gasteiger partial charge in [-0.05, 0) is 71.6 Å². The molecule has 4 heterocycles. The van der Waals surface area contributed by atoms with E-state index in [0.29, 0.717) is 47.7 Å². The van der Waals surface area contributed by atoms with E-state index in [2.05, 4.69) is 26.6 Å². The molecule has 1 saturated heterocycles. The summed E-state index contributed by atoms with van der Waals surface area (Å²) in [5, 5.41) is 30.0. The van der Waals surface area contributed by atoms with Gasteiger partial charge in [0.15, 0.2) is 5.82 Å². The van der Waals surface area contributed by atoms with Gasteiger partial charge in [-0.15, -0.1) is 10.2 Å². The number of anilines is 2. The summed E-state index contributed by atoms with van der Waals surface area (Å²) in [6.07, 6.45) is -3.06. The van der Waals surface area contributed by atoms with E-state index in [4.69, 9.17) is 5.26 Å². The van der Waals surface area contributed by atoms with Crippen molar-refractivity contribution < 1.29 is 22.8 Å². The van der Waals surface area contributed by atoms with Gasteiger partial charge in [0.05, 0.1) is 42.8 Å². The second-order valence-electron chi connectivity index (χ2n) is 11.8. The Labute approximate surface area is 280 Å². The standard InChI is InChI=1S/C34H31F3N10O2/c1-3-46-10-9-45(19-31(46)48)17-22-12-26-27(28(13-22)34(35,36)37)18-47(33(26)49)30-15-23(14-29(42-30)40-8-4-7-38)25-11-21(16-39)5-6-24(25)32-43-41-20-44(32)2/h5-6,11-15,20H,3-4,8-10,17-19H2,1-2H3,(H,40,42). The highest BCUT2D eigenvalue weighted by atomic mass is 19.4. The van der Waals surface area contributed by atoms with Gasteiger partial charge in [0.25, 0.3) is 5.91 Å². The molecule has 2 amide bonds. The summed E-state index contributed by atoms with van der Waals surface area (Å²) in [5.41, 5.74) is 1.16. The van der Waals surface area contributed by atoms with Gasteiger partial charge >= 0.3 is 6.18 Å². The van der Waals surface area contributed by atoms with Crippen LogP contribution in [0.1, 0.15) is 46.0 Å². The molecule has 2 aromatic carbocycles. The Bertz CT molecular complexity index is 2030. The number of likely N-dealkylation sites (N-methyl/N-ethyl adjacent to an activating group) is 1. The lowest BCUT2D eigenvalue weighted by Crippen LogP contribution is -2.49. The number of piperazine rings is 1. The maximum Gasteiger partial charge on any atom is 0.416 e. The largest absolute Gasteiger partial charge is 0.416 e. The van der Waals surface area contributed by atoms with E-state index in [-0.39, 0.29) is 66.8 Å². The third-order valence-corrected chi connectivity index (χ3v) is 8.64. The van der Waals surface area contributed by atoms with E-state index in [0.717, 1.165) is 6.07 Å². The van der Waals surface area contributed by atoms with Crippen LogP contribution >= 0.6 is 0 Å². The van der Waals surface area contributed by atoms with Crippen LogP contribution in [0.15, 0.2) is 48.8 Å². The molecule has 0 saturated carbocycles. The lowest BCUT2D eigenvalue weighted by atomic mass is 9.97. The van der Waals surface area contributed by atoms with Gasteiger partial charge in [0, 0.05) is 50.9 Å². The number of benzene rings is 2. The number of carbonyl (C=O) groups excluding carboxylic acids is 2. The normalized spacial score (nSPS) is 14.9. The van der Waals surface area contributed by atoms with Crippen LogP contribution in [0.5, 0.6) is 0 Å². The van der Waals surface area contributed by atoms with Crippen molar-refractivity contribution in [2.75, 3.05) is 42.9 Å². The highest BCUT2D eigenvalue weighted by molar-refractivity contribution is 6.10. The van der Waals surface area contributed by atoms with Gasteiger partial charge in [-0.25, -0.2) is 4.98 Å². The molecule has 2 aliphatic heterocycles. The number of rotatable bonds is 9. The topological polar surface area (TPSA) is 147 Å². The molecule has 2 aromatic heterocycles. The number of nitrogens with zero attached hydrogens (tertiary/aromatic N) is 9. The van der Waals surface area contributed by atoms with Crippen molar-refractivity contribution in [2.45, 2.75) is 32.6 Å². The molecule has 1 fully saturated rings. The first-order valence-corrected chi connectivity index (χ1v) is 15.6. The summed E-state index contributed by atoms with van der Waals surface area (Å²) in [5.74, 6) is 0.120. The van der Waals surface area contributed by atoms with Crippen LogP contribution in [0.4, 0.5) is 24.8 Å². The van der Waals surface area contributed by atoms with Crippen molar-refractivity contribution in [3.63, 3.8) is 0 Å². The summed E-state index contributed by atoms with van der Waals surface area (Å²) in [6.45, 7) is 3.41. The minimum Gasteiger partial charge on any atom is -0.369 e. The SMILES string of the molecule is CCN1CCN(Cc2cc3c(c(C(F)(F)F)c2)CN(c2cc(-c4cc(C#N)ccc4-c4nncn4C)cc(NCCC#N)n2)C3=O)CC1=O. The van der Waals surface area contributed by atoms with Gasteiger partial charge in [0.1, 0.15) is 18.0 Å². The Balaban J connectivity index is 1.42. The molecule has 0 radical (unpaired) electrons. The summed E-state index contributed by atoms with van der Waals surface area (Å²) in [6, 6.07) is 15.0. The third kappa shape index (κ3) is 6.66. The molecule has 49 heavy (non-hydrogen) atoms. The molecule has 0 atom stereocenters. The summed E-state index contributed by atoms with van der Waals surface area (Å²) in [7, 11) is 1.76. The maximum absolute atomic E-state index is 14.5. The number of aromatic nitrogens is 4. The summed E-state index contributed by atoms with van der Waals surface area (Å²) >= 11 is 0. The minimum absolute atomic E-state index is 0.0771. The maximum atomic E-state index is 14.5. The van der Waals surface area contributed by atoms with Crippen molar-refractivity contribution in [3.8, 4) is 34.7 Å². The Hall–Kier alpha value is -5.80. The number of hydrogen-bond donors (Lipinski definition) is 1. The van der Waals surface area contributed by atoms with Gasteiger partial charge in [0.2, 0.25) is 5.91 Å². The molecule has 12 nitrogen and oxygen atoms in total. The molecule has 4 aromatic rings. The number of halogens is 3. The number of nitriles is 2. The van der Waals surface area contributed by atoms with Gasteiger partial charge in [-0.1, -0.05) is 0 Å². The number of carbonyl (C=O) groups is 2. The molecular weight excluding hydrogens is 637 g/mol. The fraction of sp³-hybridized carbons (Fsp3) is 0.324. The lowest BCUT2D eigenvalue weighted by molar-refractivity contribution is -0.138. The number of amides is 2.